The Labute approximate surface area is 183 Å². The van der Waals surface area contributed by atoms with Crippen LogP contribution in [-0.2, 0) is 9.59 Å². The van der Waals surface area contributed by atoms with Crippen molar-refractivity contribution < 1.29 is 24.9 Å². The number of piperidine rings is 1. The van der Waals surface area contributed by atoms with Gasteiger partial charge < -0.3 is 20.6 Å². The van der Waals surface area contributed by atoms with Gasteiger partial charge in [-0.1, -0.05) is 73.2 Å². The van der Waals surface area contributed by atoms with Crippen molar-refractivity contribution >= 4 is 11.9 Å². The van der Waals surface area contributed by atoms with E-state index < -0.39 is 17.5 Å². The number of nitrogens with one attached hydrogen (secondary N) is 1. The number of hydrogen-bond donors (Lipinski definition) is 4. The predicted molar refractivity (Wildman–Crippen MR) is 120 cm³/mol. The molecule has 1 heterocycles. The van der Waals surface area contributed by atoms with Gasteiger partial charge in [0, 0.05) is 18.0 Å². The van der Waals surface area contributed by atoms with Gasteiger partial charge in [0.2, 0.25) is 0 Å². The number of carbonyl (C=O) groups is 2. The molecular weight excluding hydrogens is 394 g/mol. The van der Waals surface area contributed by atoms with E-state index in [1.54, 1.807) is 0 Å². The lowest BCUT2D eigenvalue weighted by Gasteiger charge is -2.49. The first-order chi connectivity index (χ1) is 14.7. The van der Waals surface area contributed by atoms with E-state index in [0.29, 0.717) is 12.8 Å². The fraction of sp³-hybridized carbons (Fsp3) is 0.360. The first-order valence-electron chi connectivity index (χ1n) is 10.4. The minimum Gasteiger partial charge on any atom is -0.473 e. The maximum Gasteiger partial charge on any atom is 0.414 e. The summed E-state index contributed by atoms with van der Waals surface area (Å²) in [7, 11) is 0. The molecule has 1 saturated heterocycles. The van der Waals surface area contributed by atoms with Gasteiger partial charge in [-0.2, -0.15) is 0 Å². The molecule has 3 rings (SSSR count). The lowest BCUT2D eigenvalue weighted by atomic mass is 9.67. The normalized spacial score (nSPS) is 25.1. The molecule has 4 N–H and O–H groups in total. The molecule has 0 saturated carbocycles. The second-order valence-corrected chi connectivity index (χ2v) is 8.08. The van der Waals surface area contributed by atoms with E-state index >= 15 is 0 Å². The highest BCUT2D eigenvalue weighted by Gasteiger charge is 2.47. The summed E-state index contributed by atoms with van der Waals surface area (Å²) in [6.07, 6.45) is 2.30. The highest BCUT2D eigenvalue weighted by molar-refractivity contribution is 6.27. The molecule has 0 aliphatic carbocycles. The predicted octanol–water partition coefficient (Wildman–Crippen LogP) is 4.34. The average Bonchev–Trinajstić information content (AvgIpc) is 2.74. The maximum atomic E-state index is 11.7. The smallest absolute Gasteiger partial charge is 0.414 e. The molecule has 0 radical (unpaired) electrons. The van der Waals surface area contributed by atoms with E-state index in [1.807, 2.05) is 19.1 Å². The summed E-state index contributed by atoms with van der Waals surface area (Å²) in [5.74, 6) is -3.49. The molecule has 4 unspecified atom stereocenters. The molecule has 2 aromatic rings. The number of aliphatic carboxylic acids is 2. The van der Waals surface area contributed by atoms with Crippen LogP contribution in [0, 0.1) is 5.92 Å². The molecule has 0 spiro atoms. The van der Waals surface area contributed by atoms with Crippen LogP contribution in [0.1, 0.15) is 56.3 Å². The molecule has 1 fully saturated rings. The highest BCUT2D eigenvalue weighted by Crippen LogP contribution is 2.47. The van der Waals surface area contributed by atoms with E-state index in [9.17, 15) is 5.11 Å². The van der Waals surface area contributed by atoms with Gasteiger partial charge in [0.1, 0.15) is 0 Å². The molecule has 4 atom stereocenters. The van der Waals surface area contributed by atoms with E-state index in [0.717, 1.165) is 12.0 Å². The number of rotatable bonds is 5. The minimum absolute atomic E-state index is 0.134. The summed E-state index contributed by atoms with van der Waals surface area (Å²) in [5, 5.41) is 30.3. The van der Waals surface area contributed by atoms with Crippen molar-refractivity contribution in [1.29, 1.82) is 0 Å². The van der Waals surface area contributed by atoms with Crippen molar-refractivity contribution in [3.63, 3.8) is 0 Å². The molecule has 6 nitrogen and oxygen atoms in total. The zero-order valence-corrected chi connectivity index (χ0v) is 18.0. The summed E-state index contributed by atoms with van der Waals surface area (Å²) in [4.78, 5) is 18.2. The Hall–Kier alpha value is -2.96. The topological polar surface area (TPSA) is 107 Å². The number of hydrogen-bond acceptors (Lipinski definition) is 4. The molecule has 31 heavy (non-hydrogen) atoms. The van der Waals surface area contributed by atoms with Gasteiger partial charge >= 0.3 is 11.9 Å². The van der Waals surface area contributed by atoms with Crippen LogP contribution in [0.3, 0.4) is 0 Å². The molecular formula is C25H31NO5. The number of carboxylic acids is 2. The van der Waals surface area contributed by atoms with Gasteiger partial charge in [-0.15, -0.1) is 6.58 Å². The van der Waals surface area contributed by atoms with Crippen LogP contribution in [0.15, 0.2) is 72.8 Å². The van der Waals surface area contributed by atoms with Crippen LogP contribution < -0.4 is 5.32 Å². The Morgan fingerprint density at radius 2 is 1.48 bits per heavy atom. The lowest BCUT2D eigenvalue weighted by Crippen LogP contribution is -2.53. The third kappa shape index (κ3) is 6.51. The fourth-order valence-corrected chi connectivity index (χ4v) is 4.44. The van der Waals surface area contributed by atoms with E-state index in [2.05, 4.69) is 67.4 Å². The summed E-state index contributed by atoms with van der Waals surface area (Å²) in [6, 6.07) is 21.3. The summed E-state index contributed by atoms with van der Waals surface area (Å²) in [6.45, 7) is 8.27. The van der Waals surface area contributed by atoms with Crippen LogP contribution in [0.25, 0.3) is 0 Å². The van der Waals surface area contributed by atoms with Crippen molar-refractivity contribution in [2.45, 2.75) is 50.8 Å². The third-order valence-corrected chi connectivity index (χ3v) is 5.62. The van der Waals surface area contributed by atoms with Crippen molar-refractivity contribution in [3.05, 3.63) is 83.9 Å². The molecule has 0 amide bonds. The Kier molecular flexibility index (Phi) is 8.54. The van der Waals surface area contributed by atoms with Gasteiger partial charge in [0.25, 0.3) is 0 Å². The molecule has 1 aliphatic rings. The van der Waals surface area contributed by atoms with Crippen LogP contribution in [0.5, 0.6) is 0 Å². The van der Waals surface area contributed by atoms with Gasteiger partial charge in [0.15, 0.2) is 0 Å². The summed E-state index contributed by atoms with van der Waals surface area (Å²) < 4.78 is 0. The zero-order chi connectivity index (χ0) is 23.0. The van der Waals surface area contributed by atoms with E-state index in [-0.39, 0.29) is 18.0 Å². The van der Waals surface area contributed by atoms with Crippen molar-refractivity contribution in [3.8, 4) is 0 Å². The fourth-order valence-electron chi connectivity index (χ4n) is 4.44. The van der Waals surface area contributed by atoms with Crippen LogP contribution in [-0.4, -0.2) is 32.9 Å². The molecule has 6 heteroatoms. The average molecular weight is 426 g/mol. The van der Waals surface area contributed by atoms with Crippen LogP contribution >= 0.6 is 0 Å². The number of benzene rings is 2. The number of carboxylic acid groups (broad SMARTS) is 2. The summed E-state index contributed by atoms with van der Waals surface area (Å²) >= 11 is 0. The summed E-state index contributed by atoms with van der Waals surface area (Å²) in [5.41, 5.74) is 2.78. The highest BCUT2D eigenvalue weighted by atomic mass is 16.4. The van der Waals surface area contributed by atoms with Gasteiger partial charge in [-0.3, -0.25) is 0 Å². The van der Waals surface area contributed by atoms with Crippen LogP contribution in [0.2, 0.25) is 0 Å². The maximum absolute atomic E-state index is 11.7. The Morgan fingerprint density at radius 3 is 1.90 bits per heavy atom. The van der Waals surface area contributed by atoms with Crippen LogP contribution in [0.4, 0.5) is 0 Å². The van der Waals surface area contributed by atoms with Gasteiger partial charge in [-0.25, -0.2) is 9.59 Å². The van der Waals surface area contributed by atoms with Crippen molar-refractivity contribution in [1.82, 2.24) is 5.32 Å². The monoisotopic (exact) mass is 425 g/mol. The Morgan fingerprint density at radius 1 is 1.00 bits per heavy atom. The van der Waals surface area contributed by atoms with E-state index in [1.165, 1.54) is 11.1 Å². The molecule has 1 aliphatic heterocycles. The minimum atomic E-state index is -1.82. The van der Waals surface area contributed by atoms with E-state index in [4.69, 9.17) is 19.8 Å². The van der Waals surface area contributed by atoms with Gasteiger partial charge in [-0.05, 0) is 37.3 Å². The second-order valence-electron chi connectivity index (χ2n) is 8.08. The molecule has 2 aromatic carbocycles. The lowest BCUT2D eigenvalue weighted by molar-refractivity contribution is -0.159. The number of aliphatic hydroxyl groups is 1. The first kappa shape index (κ1) is 24.3. The SMILES string of the molecule is C=C(C)CC1(O)CC(c2ccccc2)NC(c2ccccc2)C1CC.O=C(O)C(=O)O. The van der Waals surface area contributed by atoms with Crippen molar-refractivity contribution in [2.24, 2.45) is 5.92 Å². The molecule has 0 aromatic heterocycles. The second kappa shape index (κ2) is 10.9. The van der Waals surface area contributed by atoms with Gasteiger partial charge in [0.05, 0.1) is 5.60 Å². The Bertz CT molecular complexity index is 871. The van der Waals surface area contributed by atoms with Crippen molar-refractivity contribution in [2.75, 3.05) is 0 Å². The zero-order valence-electron chi connectivity index (χ0n) is 18.0. The third-order valence-electron chi connectivity index (χ3n) is 5.62. The Balaban J connectivity index is 0.000000501. The molecule has 0 bridgehead atoms. The first-order valence-corrected chi connectivity index (χ1v) is 10.4. The molecule has 166 valence electrons. The quantitative estimate of drug-likeness (QED) is 0.419. The largest absolute Gasteiger partial charge is 0.473 e. The standard InChI is InChI=1S/C23H29NO.C2H2O4/c1-4-20-22(19-13-9-6-10-14-19)24-21(18-11-7-5-8-12-18)16-23(20,25)15-17(2)3;3-1(4)2(5)6/h5-14,20-22,24-25H,2,4,15-16H2,1,3H3;(H,3,4)(H,5,6).